The summed E-state index contributed by atoms with van der Waals surface area (Å²) in [5.41, 5.74) is 11.3. The smallest absolute Gasteiger partial charge is 0.164 e. The molecule has 4 nitrogen and oxygen atoms in total. The van der Waals surface area contributed by atoms with Gasteiger partial charge in [0.1, 0.15) is 17.3 Å². The van der Waals surface area contributed by atoms with E-state index in [1.807, 2.05) is 0 Å². The van der Waals surface area contributed by atoms with Crippen LogP contribution >= 0.6 is 0 Å². The lowest BCUT2D eigenvalue weighted by Gasteiger charge is -2.44. The molecule has 278 valence electrons. The summed E-state index contributed by atoms with van der Waals surface area (Å²) in [6.07, 6.45) is 7.66. The van der Waals surface area contributed by atoms with Gasteiger partial charge in [0.15, 0.2) is 11.6 Å². The van der Waals surface area contributed by atoms with Gasteiger partial charge < -0.3 is 4.74 Å². The minimum Gasteiger partial charge on any atom is -0.457 e. The minimum absolute atomic E-state index is 0.0200. The molecule has 4 aliphatic carbocycles. The molecule has 8 aromatic rings. The van der Waals surface area contributed by atoms with Crippen LogP contribution in [0, 0.1) is 17.8 Å². The number of fused-ring (bicyclic) bond motifs is 12. The maximum atomic E-state index is 6.75. The first-order chi connectivity index (χ1) is 28.6. The average Bonchev–Trinajstić information content (AvgIpc) is 3.69. The Morgan fingerprint density at radius 2 is 1.14 bits per heavy atom. The zero-order valence-corrected chi connectivity index (χ0v) is 32.2. The van der Waals surface area contributed by atoms with Crippen molar-refractivity contribution in [2.24, 2.45) is 17.8 Å². The Morgan fingerprint density at radius 3 is 2.02 bits per heavy atom. The van der Waals surface area contributed by atoms with Crippen LogP contribution < -0.4 is 4.74 Å². The van der Waals surface area contributed by atoms with Crippen molar-refractivity contribution in [1.82, 2.24) is 15.0 Å². The lowest BCUT2D eigenvalue weighted by atomic mass is 9.61. The van der Waals surface area contributed by atoms with Crippen LogP contribution in [0.4, 0.5) is 0 Å². The van der Waals surface area contributed by atoms with E-state index in [-0.39, 0.29) is 5.41 Å². The standard InChI is InChI=1S/C54H41N3O/c1-2-15-40-34(11-1)12-10-18-43(40)51-55-50(56-52(57-51)53-26-25-37-27-33(31-53)28-39(37)32-53)38-14-9-13-35(29-38)36-23-24-49-47(30-36)54(46-21-7-8-22-48(46)58-49)44-19-5-3-16-41(44)42-17-4-6-20-45(42)54/h1-24,29-30,33,37,39H,25-28,31-32H2/t33-,37?,39?,53?/m1/s1. The van der Waals surface area contributed by atoms with Gasteiger partial charge >= 0.3 is 0 Å². The number of para-hydroxylation sites is 1. The third-order valence-electron chi connectivity index (χ3n) is 14.7. The summed E-state index contributed by atoms with van der Waals surface area (Å²) in [4.78, 5) is 16.3. The first kappa shape index (κ1) is 32.7. The Bertz CT molecular complexity index is 2950. The molecule has 7 aromatic carbocycles. The first-order valence-corrected chi connectivity index (χ1v) is 21.1. The maximum Gasteiger partial charge on any atom is 0.164 e. The molecule has 1 aliphatic heterocycles. The third kappa shape index (κ3) is 4.54. The van der Waals surface area contributed by atoms with Gasteiger partial charge in [-0.05, 0) is 125 Å². The maximum absolute atomic E-state index is 6.75. The van der Waals surface area contributed by atoms with Crippen LogP contribution in [-0.2, 0) is 10.8 Å². The lowest BCUT2D eigenvalue weighted by molar-refractivity contribution is 0.131. The quantitative estimate of drug-likeness (QED) is 0.180. The fourth-order valence-electron chi connectivity index (χ4n) is 12.4. The molecule has 0 saturated heterocycles. The summed E-state index contributed by atoms with van der Waals surface area (Å²) in [5, 5.41) is 2.37. The zero-order valence-electron chi connectivity index (χ0n) is 32.2. The molecule has 0 amide bonds. The van der Waals surface area contributed by atoms with E-state index in [1.54, 1.807) is 0 Å². The molecular weight excluding hydrogens is 707 g/mol. The van der Waals surface area contributed by atoms with Gasteiger partial charge in [0.25, 0.3) is 0 Å². The van der Waals surface area contributed by atoms with Gasteiger partial charge in [-0.15, -0.1) is 0 Å². The molecule has 2 heterocycles. The van der Waals surface area contributed by atoms with Gasteiger partial charge in [0.05, 0.1) is 5.41 Å². The summed E-state index contributed by atoms with van der Waals surface area (Å²) < 4.78 is 6.75. The Morgan fingerprint density at radius 1 is 0.483 bits per heavy atom. The van der Waals surface area contributed by atoms with Gasteiger partial charge in [-0.3, -0.25) is 0 Å². The number of ether oxygens (including phenoxy) is 1. The molecule has 1 spiro atoms. The molecule has 3 saturated carbocycles. The van der Waals surface area contributed by atoms with Crippen molar-refractivity contribution in [2.45, 2.75) is 49.4 Å². The van der Waals surface area contributed by atoms with Gasteiger partial charge in [0.2, 0.25) is 0 Å². The van der Waals surface area contributed by atoms with Crippen molar-refractivity contribution in [3.8, 4) is 56.5 Å². The molecular formula is C54H41N3O. The van der Waals surface area contributed by atoms with Crippen LogP contribution in [0.5, 0.6) is 11.5 Å². The second-order valence-corrected chi connectivity index (χ2v) is 17.6. The van der Waals surface area contributed by atoms with Crippen molar-refractivity contribution in [3.05, 3.63) is 186 Å². The number of aromatic nitrogens is 3. The van der Waals surface area contributed by atoms with Gasteiger partial charge in [-0.1, -0.05) is 133 Å². The molecule has 1 aromatic heterocycles. The van der Waals surface area contributed by atoms with Crippen molar-refractivity contribution >= 4 is 10.8 Å². The zero-order chi connectivity index (χ0) is 38.0. The topological polar surface area (TPSA) is 47.9 Å². The van der Waals surface area contributed by atoms with Gasteiger partial charge in [0, 0.05) is 27.7 Å². The van der Waals surface area contributed by atoms with Crippen LogP contribution in [0.1, 0.15) is 66.6 Å². The first-order valence-electron chi connectivity index (χ1n) is 21.1. The Balaban J connectivity index is 0.985. The molecule has 5 aliphatic rings. The van der Waals surface area contributed by atoms with E-state index in [4.69, 9.17) is 19.7 Å². The molecule has 4 heteroatoms. The molecule has 13 rings (SSSR count). The molecule has 3 fully saturated rings. The van der Waals surface area contributed by atoms with E-state index in [1.165, 1.54) is 77.1 Å². The minimum atomic E-state index is -0.515. The lowest BCUT2D eigenvalue weighted by Crippen LogP contribution is -2.39. The molecule has 58 heavy (non-hydrogen) atoms. The van der Waals surface area contributed by atoms with E-state index in [0.29, 0.717) is 0 Å². The molecule has 0 N–H and O–H groups in total. The summed E-state index contributed by atoms with van der Waals surface area (Å²) in [7, 11) is 0. The number of rotatable bonds is 4. The molecule has 4 atom stereocenters. The fraction of sp³-hybridized carbons (Fsp3) is 0.204. The monoisotopic (exact) mass is 747 g/mol. The van der Waals surface area contributed by atoms with Crippen molar-refractivity contribution in [2.75, 3.05) is 0 Å². The average molecular weight is 748 g/mol. The van der Waals surface area contributed by atoms with Gasteiger partial charge in [-0.25, -0.2) is 15.0 Å². The number of nitrogens with zero attached hydrogens (tertiary/aromatic N) is 3. The Kier molecular flexibility index (Phi) is 6.80. The van der Waals surface area contributed by atoms with Crippen LogP contribution in [-0.4, -0.2) is 15.0 Å². The van der Waals surface area contributed by atoms with E-state index in [9.17, 15) is 0 Å². The summed E-state index contributed by atoms with van der Waals surface area (Å²) >= 11 is 0. The van der Waals surface area contributed by atoms with E-state index >= 15 is 0 Å². The van der Waals surface area contributed by atoms with Crippen molar-refractivity contribution < 1.29 is 4.74 Å². The second-order valence-electron chi connectivity index (χ2n) is 17.6. The molecule has 3 unspecified atom stereocenters. The highest BCUT2D eigenvalue weighted by atomic mass is 16.5. The highest BCUT2D eigenvalue weighted by molar-refractivity contribution is 5.95. The normalized spacial score (nSPS) is 22.6. The highest BCUT2D eigenvalue weighted by Gasteiger charge is 2.54. The third-order valence-corrected chi connectivity index (χ3v) is 14.7. The number of hydrogen-bond acceptors (Lipinski definition) is 4. The number of benzene rings is 7. The fourth-order valence-corrected chi connectivity index (χ4v) is 12.4. The van der Waals surface area contributed by atoms with E-state index in [0.717, 1.165) is 74.5 Å². The summed E-state index contributed by atoms with van der Waals surface area (Å²) in [5.74, 6) is 6.82. The van der Waals surface area contributed by atoms with Crippen LogP contribution in [0.3, 0.4) is 0 Å². The van der Waals surface area contributed by atoms with E-state index in [2.05, 4.69) is 158 Å². The van der Waals surface area contributed by atoms with Crippen LogP contribution in [0.15, 0.2) is 158 Å². The Hall–Kier alpha value is -6.39. The van der Waals surface area contributed by atoms with E-state index < -0.39 is 5.41 Å². The van der Waals surface area contributed by atoms with Gasteiger partial charge in [-0.2, -0.15) is 0 Å². The van der Waals surface area contributed by atoms with Crippen molar-refractivity contribution in [3.63, 3.8) is 0 Å². The second kappa shape index (κ2) is 12.1. The summed E-state index contributed by atoms with van der Waals surface area (Å²) in [6.45, 7) is 0. The Labute approximate surface area is 338 Å². The van der Waals surface area contributed by atoms with Crippen LogP contribution in [0.25, 0.3) is 55.8 Å². The SMILES string of the molecule is c1cc(-c2ccc3c(c2)C2(c4ccccc4O3)c3ccccc3-c3ccccc32)cc(-c2nc(-c3cccc4ccccc34)nc(C34CCC5C[C@H](CC5C3)C4)n2)c1. The predicted octanol–water partition coefficient (Wildman–Crippen LogP) is 13.0. The van der Waals surface area contributed by atoms with Crippen molar-refractivity contribution in [1.29, 1.82) is 0 Å². The highest BCUT2D eigenvalue weighted by Crippen LogP contribution is 2.63. The largest absolute Gasteiger partial charge is 0.457 e. The summed E-state index contributed by atoms with van der Waals surface area (Å²) in [6, 6.07) is 57.1. The predicted molar refractivity (Wildman–Crippen MR) is 231 cm³/mol. The van der Waals surface area contributed by atoms with Crippen LogP contribution in [0.2, 0.25) is 0 Å². The molecule has 0 radical (unpaired) electrons. The molecule has 3 bridgehead atoms. The number of hydrogen-bond donors (Lipinski definition) is 0.